The fourth-order valence-electron chi connectivity index (χ4n) is 6.99. The predicted molar refractivity (Wildman–Crippen MR) is 187 cm³/mol. The molecule has 5 rings (SSSR count). The summed E-state index contributed by atoms with van der Waals surface area (Å²) in [5.41, 5.74) is 25.3. The summed E-state index contributed by atoms with van der Waals surface area (Å²) in [5.74, 6) is 7.07. The molecule has 0 atom stereocenters. The smallest absolute Gasteiger partial charge is 0.117 e. The van der Waals surface area contributed by atoms with E-state index in [4.69, 9.17) is 9.98 Å². The summed E-state index contributed by atoms with van der Waals surface area (Å²) in [5, 5.41) is 0. The molecule has 8 bridgehead atoms. The molecule has 3 aliphatic rings. The van der Waals surface area contributed by atoms with Gasteiger partial charge < -0.3 is 9.97 Å². The van der Waals surface area contributed by atoms with Crippen molar-refractivity contribution >= 4 is 23.6 Å². The van der Waals surface area contributed by atoms with Crippen LogP contribution in [-0.2, 0) is 25.7 Å². The molecule has 4 nitrogen and oxygen atoms in total. The third kappa shape index (κ3) is 5.55. The molecule has 2 N–H and O–H groups in total. The molecule has 2 aromatic heterocycles. The third-order valence-electron chi connectivity index (χ3n) is 9.14. The van der Waals surface area contributed by atoms with Gasteiger partial charge >= 0.3 is 0 Å². The van der Waals surface area contributed by atoms with Gasteiger partial charge in [-0.2, -0.15) is 0 Å². The van der Waals surface area contributed by atoms with Gasteiger partial charge in [0, 0.05) is 11.4 Å². The lowest BCUT2D eigenvalue weighted by atomic mass is 9.98. The molecule has 4 heteroatoms. The molecule has 5 heterocycles. The molecule has 0 aromatic carbocycles. The first-order valence-corrected chi connectivity index (χ1v) is 16.7. The Balaban J connectivity index is 1.82. The van der Waals surface area contributed by atoms with E-state index in [2.05, 4.69) is 113 Å². The molecule has 0 saturated carbocycles. The van der Waals surface area contributed by atoms with Crippen molar-refractivity contribution in [2.75, 3.05) is 0 Å². The van der Waals surface area contributed by atoms with E-state index >= 15 is 0 Å². The van der Waals surface area contributed by atoms with Crippen molar-refractivity contribution < 1.29 is 0 Å². The van der Waals surface area contributed by atoms with Crippen LogP contribution in [0.5, 0.6) is 0 Å². The Labute approximate surface area is 264 Å². The highest BCUT2D eigenvalue weighted by molar-refractivity contribution is 6.14. The highest BCUT2D eigenvalue weighted by atomic mass is 14.8. The zero-order valence-corrected chi connectivity index (χ0v) is 27.9. The van der Waals surface area contributed by atoms with Crippen LogP contribution in [0.2, 0.25) is 0 Å². The second-order valence-electron chi connectivity index (χ2n) is 11.3. The Morgan fingerprint density at radius 3 is 1.14 bits per heavy atom. The van der Waals surface area contributed by atoms with Crippen LogP contribution < -0.4 is 0 Å². The van der Waals surface area contributed by atoms with Gasteiger partial charge in [-0.05, 0) is 144 Å². The molecule has 0 saturated heterocycles. The van der Waals surface area contributed by atoms with Gasteiger partial charge in [0.2, 0.25) is 0 Å². The molecule has 0 spiro atoms. The van der Waals surface area contributed by atoms with Crippen LogP contribution in [0.1, 0.15) is 126 Å². The van der Waals surface area contributed by atoms with Gasteiger partial charge in [0.05, 0.1) is 22.8 Å². The zero-order valence-electron chi connectivity index (χ0n) is 27.9. The first kappa shape index (κ1) is 31.2. The van der Waals surface area contributed by atoms with Gasteiger partial charge in [0.15, 0.2) is 0 Å². The Morgan fingerprint density at radius 2 is 0.818 bits per heavy atom. The third-order valence-corrected chi connectivity index (χ3v) is 9.14. The van der Waals surface area contributed by atoms with E-state index in [9.17, 15) is 0 Å². The molecule has 44 heavy (non-hydrogen) atoms. The van der Waals surface area contributed by atoms with Crippen LogP contribution in [0.25, 0.3) is 12.2 Å². The van der Waals surface area contributed by atoms with Crippen LogP contribution >= 0.6 is 0 Å². The SMILES string of the molecule is CCC1=C(CC)C2=NC1=C=C=C1N=C(/C=C\c3[nH]c(c(CC)c3CC)C#Cc3[nH]c(c(CC)c3CC)/C=C\2)C(CC)=C1CC. The summed E-state index contributed by atoms with van der Waals surface area (Å²) in [7, 11) is 0. The van der Waals surface area contributed by atoms with E-state index in [1.54, 1.807) is 0 Å². The number of fused-ring (bicyclic) bond motifs is 6. The molecule has 0 radical (unpaired) electrons. The molecule has 0 aliphatic carbocycles. The first-order chi connectivity index (χ1) is 21.5. The average Bonchev–Trinajstić information content (AvgIpc) is 3.77. The lowest BCUT2D eigenvalue weighted by molar-refractivity contribution is 1.05. The highest BCUT2D eigenvalue weighted by Gasteiger charge is 2.22. The monoisotopic (exact) mass is 582 g/mol. The van der Waals surface area contributed by atoms with Gasteiger partial charge in [-0.15, -0.1) is 0 Å². The van der Waals surface area contributed by atoms with Crippen molar-refractivity contribution in [3.63, 3.8) is 0 Å². The standard InChI is InChI=1S/C40H46N4/c1-9-25-26(10-2)34-19-20-36-29(13-5)30(14-6)38(43-36)23-24-40-32(16-8)31(15-7)39(44-40)22-21-37-28(12-4)27(11-3)35(42-37)18-17-33(25)41-34/h17-18,23-24,41,43H,9-16H2,1-8H3/b18-17-,24-23-,33-17?,35-18?,38-23?,40-24?. The van der Waals surface area contributed by atoms with Crippen LogP contribution in [0.4, 0.5) is 0 Å². The Morgan fingerprint density at radius 1 is 0.455 bits per heavy atom. The van der Waals surface area contributed by atoms with Crippen LogP contribution in [0.3, 0.4) is 0 Å². The molecule has 2 aromatic rings. The largest absolute Gasteiger partial charge is 0.348 e. The number of nitrogens with zero attached hydrogens (tertiary/aromatic N) is 2. The van der Waals surface area contributed by atoms with Gasteiger partial charge in [0.1, 0.15) is 11.4 Å². The summed E-state index contributed by atoms with van der Waals surface area (Å²) >= 11 is 0. The van der Waals surface area contributed by atoms with Crippen molar-refractivity contribution in [1.29, 1.82) is 0 Å². The van der Waals surface area contributed by atoms with Gasteiger partial charge in [-0.3, -0.25) is 0 Å². The number of rotatable bonds is 8. The number of nitrogens with one attached hydrogen (secondary N) is 2. The van der Waals surface area contributed by atoms with E-state index in [1.165, 1.54) is 44.5 Å². The first-order valence-electron chi connectivity index (χ1n) is 16.7. The summed E-state index contributed by atoms with van der Waals surface area (Å²) < 4.78 is 0. The van der Waals surface area contributed by atoms with Crippen molar-refractivity contribution in [2.45, 2.75) is 107 Å². The van der Waals surface area contributed by atoms with Crippen molar-refractivity contribution in [1.82, 2.24) is 9.97 Å². The summed E-state index contributed by atoms with van der Waals surface area (Å²) in [4.78, 5) is 17.5. The zero-order chi connectivity index (χ0) is 31.4. The van der Waals surface area contributed by atoms with E-state index in [1.807, 2.05) is 0 Å². The van der Waals surface area contributed by atoms with Crippen molar-refractivity contribution in [3.05, 3.63) is 102 Å². The Bertz CT molecular complexity index is 1710. The molecule has 0 amide bonds. The Hall–Kier alpha value is -4.28. The van der Waals surface area contributed by atoms with Crippen LogP contribution in [0, 0.1) is 11.8 Å². The minimum absolute atomic E-state index is 0.875. The maximum absolute atomic E-state index is 5.09. The summed E-state index contributed by atoms with van der Waals surface area (Å²) in [6.07, 6.45) is 16.1. The summed E-state index contributed by atoms with van der Waals surface area (Å²) in [6, 6.07) is 0. The second-order valence-corrected chi connectivity index (χ2v) is 11.3. The topological polar surface area (TPSA) is 56.3 Å². The van der Waals surface area contributed by atoms with E-state index in [0.29, 0.717) is 0 Å². The number of aromatic nitrogens is 2. The molecule has 226 valence electrons. The highest BCUT2D eigenvalue weighted by Crippen LogP contribution is 2.33. The van der Waals surface area contributed by atoms with Gasteiger partial charge in [0.25, 0.3) is 0 Å². The molecule has 0 unspecified atom stereocenters. The molecular formula is C40H46N4. The molecule has 3 aliphatic heterocycles. The minimum Gasteiger partial charge on any atom is -0.348 e. The average molecular weight is 583 g/mol. The lowest BCUT2D eigenvalue weighted by Crippen LogP contribution is -1.96. The number of allylic oxidation sites excluding steroid dienone is 6. The van der Waals surface area contributed by atoms with Crippen molar-refractivity contribution in [3.8, 4) is 11.8 Å². The molecule has 0 fully saturated rings. The Kier molecular flexibility index (Phi) is 9.61. The number of H-pyrrole nitrogens is 2. The maximum Gasteiger partial charge on any atom is 0.117 e. The predicted octanol–water partition coefficient (Wildman–Crippen LogP) is 9.70. The van der Waals surface area contributed by atoms with Crippen LogP contribution in [-0.4, -0.2) is 21.4 Å². The van der Waals surface area contributed by atoms with Crippen molar-refractivity contribution in [2.24, 2.45) is 9.98 Å². The minimum atomic E-state index is 0.875. The maximum atomic E-state index is 5.09. The number of hydrogen-bond donors (Lipinski definition) is 2. The fraction of sp³-hybridized carbons (Fsp3) is 0.400. The number of aromatic amines is 2. The normalized spacial score (nSPS) is 17.3. The second kappa shape index (κ2) is 13.6. The molecular weight excluding hydrogens is 536 g/mol. The van der Waals surface area contributed by atoms with E-state index in [-0.39, 0.29) is 0 Å². The van der Waals surface area contributed by atoms with Gasteiger partial charge in [-0.25, -0.2) is 9.98 Å². The van der Waals surface area contributed by atoms with Gasteiger partial charge in [-0.1, -0.05) is 55.4 Å². The number of hydrogen-bond acceptors (Lipinski definition) is 2. The van der Waals surface area contributed by atoms with E-state index in [0.717, 1.165) is 97.0 Å². The number of aliphatic imine (C=N–C) groups is 2. The van der Waals surface area contributed by atoms with E-state index < -0.39 is 0 Å². The lowest BCUT2D eigenvalue weighted by Gasteiger charge is -2.03. The summed E-state index contributed by atoms with van der Waals surface area (Å²) in [6.45, 7) is 17.7. The quantitative estimate of drug-likeness (QED) is 0.230. The van der Waals surface area contributed by atoms with Crippen LogP contribution in [0.15, 0.2) is 67.3 Å². The fourth-order valence-corrected chi connectivity index (χ4v) is 6.99.